The SMILES string of the molecule is O=S1(=O)CCC(NCCCCn2ccnc2)C1. The Morgan fingerprint density at radius 1 is 1.41 bits per heavy atom. The predicted octanol–water partition coefficient (Wildman–Crippen LogP) is 0.440. The van der Waals surface area contributed by atoms with E-state index in [1.165, 1.54) is 0 Å². The van der Waals surface area contributed by atoms with Crippen LogP contribution in [-0.4, -0.2) is 42.1 Å². The first kappa shape index (κ1) is 12.6. The Labute approximate surface area is 102 Å². The standard InChI is InChI=1S/C11H19N3O2S/c15-17(16)8-3-11(9-17)13-4-1-2-6-14-7-5-12-10-14/h5,7,10-11,13H,1-4,6,8-9H2. The van der Waals surface area contributed by atoms with E-state index in [2.05, 4.69) is 14.9 Å². The highest BCUT2D eigenvalue weighted by atomic mass is 32.2. The molecule has 1 aliphatic rings. The van der Waals surface area contributed by atoms with E-state index in [1.807, 2.05) is 12.5 Å². The maximum absolute atomic E-state index is 11.2. The van der Waals surface area contributed by atoms with E-state index < -0.39 is 9.84 Å². The molecule has 96 valence electrons. The van der Waals surface area contributed by atoms with Crippen molar-refractivity contribution in [1.29, 1.82) is 0 Å². The molecule has 0 amide bonds. The van der Waals surface area contributed by atoms with Crippen LogP contribution in [0.3, 0.4) is 0 Å². The maximum Gasteiger partial charge on any atom is 0.151 e. The summed E-state index contributed by atoms with van der Waals surface area (Å²) < 4.78 is 24.5. The summed E-state index contributed by atoms with van der Waals surface area (Å²) in [6, 6.07) is 0.174. The fourth-order valence-corrected chi connectivity index (χ4v) is 3.81. The van der Waals surface area contributed by atoms with Crippen molar-refractivity contribution in [3.8, 4) is 0 Å². The van der Waals surface area contributed by atoms with Crippen LogP contribution in [0.1, 0.15) is 19.3 Å². The molecule has 1 aromatic heterocycles. The lowest BCUT2D eigenvalue weighted by Crippen LogP contribution is -2.30. The molecule has 0 saturated carbocycles. The van der Waals surface area contributed by atoms with Gasteiger partial charge in [0.25, 0.3) is 0 Å². The van der Waals surface area contributed by atoms with Crippen molar-refractivity contribution in [1.82, 2.24) is 14.9 Å². The normalized spacial score (nSPS) is 22.9. The quantitative estimate of drug-likeness (QED) is 0.751. The molecule has 1 saturated heterocycles. The Hall–Kier alpha value is -0.880. The van der Waals surface area contributed by atoms with Gasteiger partial charge in [0.1, 0.15) is 0 Å². The van der Waals surface area contributed by atoms with Gasteiger partial charge in [-0.3, -0.25) is 0 Å². The van der Waals surface area contributed by atoms with Crippen LogP contribution in [-0.2, 0) is 16.4 Å². The topological polar surface area (TPSA) is 64.0 Å². The van der Waals surface area contributed by atoms with Crippen molar-refractivity contribution >= 4 is 9.84 Å². The third kappa shape index (κ3) is 4.12. The molecule has 0 aliphatic carbocycles. The van der Waals surface area contributed by atoms with E-state index in [0.29, 0.717) is 11.5 Å². The molecular formula is C11H19N3O2S. The molecule has 1 aromatic rings. The summed E-state index contributed by atoms with van der Waals surface area (Å²) in [5.74, 6) is 0.661. The molecule has 0 bridgehead atoms. The first-order chi connectivity index (χ1) is 8.16. The lowest BCUT2D eigenvalue weighted by molar-refractivity contribution is 0.514. The zero-order valence-electron chi connectivity index (χ0n) is 9.88. The summed E-state index contributed by atoms with van der Waals surface area (Å²) in [7, 11) is -2.75. The van der Waals surface area contributed by atoms with Crippen LogP contribution in [0.5, 0.6) is 0 Å². The molecule has 2 heterocycles. The molecule has 17 heavy (non-hydrogen) atoms. The van der Waals surface area contributed by atoms with E-state index >= 15 is 0 Å². The average Bonchev–Trinajstić information content (AvgIpc) is 2.88. The molecule has 1 unspecified atom stereocenters. The Morgan fingerprint density at radius 2 is 2.29 bits per heavy atom. The Morgan fingerprint density at radius 3 is 2.94 bits per heavy atom. The van der Waals surface area contributed by atoms with Gasteiger partial charge in [0.05, 0.1) is 17.8 Å². The summed E-state index contributed by atoms with van der Waals surface area (Å²) in [6.07, 6.45) is 8.47. The first-order valence-corrected chi connectivity index (χ1v) is 7.87. The fraction of sp³-hybridized carbons (Fsp3) is 0.727. The van der Waals surface area contributed by atoms with Crippen molar-refractivity contribution in [2.24, 2.45) is 0 Å². The van der Waals surface area contributed by atoms with Gasteiger partial charge in [-0.2, -0.15) is 0 Å². The highest BCUT2D eigenvalue weighted by molar-refractivity contribution is 7.91. The van der Waals surface area contributed by atoms with Gasteiger partial charge in [-0.05, 0) is 25.8 Å². The minimum absolute atomic E-state index is 0.174. The van der Waals surface area contributed by atoms with E-state index in [-0.39, 0.29) is 6.04 Å². The Kier molecular flexibility index (Phi) is 4.17. The van der Waals surface area contributed by atoms with Crippen LogP contribution < -0.4 is 5.32 Å². The second-order valence-corrected chi connectivity index (χ2v) is 6.79. The summed E-state index contributed by atoms with van der Waals surface area (Å²) in [6.45, 7) is 1.87. The zero-order valence-corrected chi connectivity index (χ0v) is 10.7. The van der Waals surface area contributed by atoms with Gasteiger partial charge in [0.2, 0.25) is 0 Å². The number of unbranched alkanes of at least 4 members (excludes halogenated alkanes) is 1. The molecule has 1 fully saturated rings. The smallest absolute Gasteiger partial charge is 0.151 e. The van der Waals surface area contributed by atoms with Crippen LogP contribution in [0.4, 0.5) is 0 Å². The van der Waals surface area contributed by atoms with Crippen molar-refractivity contribution < 1.29 is 8.42 Å². The average molecular weight is 257 g/mol. The predicted molar refractivity (Wildman–Crippen MR) is 66.5 cm³/mol. The number of imidazole rings is 1. The van der Waals surface area contributed by atoms with E-state index in [0.717, 1.165) is 32.4 Å². The van der Waals surface area contributed by atoms with Crippen LogP contribution in [0.25, 0.3) is 0 Å². The van der Waals surface area contributed by atoms with Crippen LogP contribution in [0.15, 0.2) is 18.7 Å². The summed E-state index contributed by atoms with van der Waals surface area (Å²) >= 11 is 0. The van der Waals surface area contributed by atoms with Crippen LogP contribution in [0, 0.1) is 0 Å². The molecule has 1 aliphatic heterocycles. The lowest BCUT2D eigenvalue weighted by Gasteiger charge is -2.10. The zero-order chi connectivity index (χ0) is 12.1. The van der Waals surface area contributed by atoms with Gasteiger partial charge in [-0.25, -0.2) is 13.4 Å². The van der Waals surface area contributed by atoms with Crippen LogP contribution in [0.2, 0.25) is 0 Å². The molecule has 0 aromatic carbocycles. The molecule has 6 heteroatoms. The second-order valence-electron chi connectivity index (χ2n) is 4.56. The van der Waals surface area contributed by atoms with Crippen molar-refractivity contribution in [3.63, 3.8) is 0 Å². The van der Waals surface area contributed by atoms with Gasteiger partial charge < -0.3 is 9.88 Å². The number of rotatable bonds is 6. The van der Waals surface area contributed by atoms with Gasteiger partial charge in [0.15, 0.2) is 9.84 Å². The highest BCUT2D eigenvalue weighted by Crippen LogP contribution is 2.11. The number of sulfone groups is 1. The van der Waals surface area contributed by atoms with E-state index in [4.69, 9.17) is 0 Å². The number of aryl methyl sites for hydroxylation is 1. The molecular weight excluding hydrogens is 238 g/mol. The molecule has 2 rings (SSSR count). The largest absolute Gasteiger partial charge is 0.337 e. The third-order valence-corrected chi connectivity index (χ3v) is 4.84. The molecule has 1 N–H and O–H groups in total. The van der Waals surface area contributed by atoms with Gasteiger partial charge >= 0.3 is 0 Å². The molecule has 0 radical (unpaired) electrons. The van der Waals surface area contributed by atoms with Crippen molar-refractivity contribution in [3.05, 3.63) is 18.7 Å². The Balaban J connectivity index is 1.55. The number of hydrogen-bond acceptors (Lipinski definition) is 4. The van der Waals surface area contributed by atoms with E-state index in [1.54, 1.807) is 6.20 Å². The minimum atomic E-state index is -2.75. The minimum Gasteiger partial charge on any atom is -0.337 e. The van der Waals surface area contributed by atoms with E-state index in [9.17, 15) is 8.42 Å². The van der Waals surface area contributed by atoms with Gasteiger partial charge in [-0.15, -0.1) is 0 Å². The molecule has 0 spiro atoms. The second kappa shape index (κ2) is 5.64. The maximum atomic E-state index is 11.2. The summed E-state index contributed by atoms with van der Waals surface area (Å²) in [5.41, 5.74) is 0. The van der Waals surface area contributed by atoms with Crippen molar-refractivity contribution in [2.45, 2.75) is 31.8 Å². The number of aromatic nitrogens is 2. The summed E-state index contributed by atoms with van der Waals surface area (Å²) in [5, 5.41) is 3.31. The monoisotopic (exact) mass is 257 g/mol. The summed E-state index contributed by atoms with van der Waals surface area (Å²) in [4.78, 5) is 3.98. The van der Waals surface area contributed by atoms with Gasteiger partial charge in [0, 0.05) is 25.0 Å². The number of nitrogens with one attached hydrogen (secondary N) is 1. The number of hydrogen-bond donors (Lipinski definition) is 1. The van der Waals surface area contributed by atoms with Crippen LogP contribution >= 0.6 is 0 Å². The Bertz CT molecular complexity index is 428. The molecule has 1 atom stereocenters. The molecule has 5 nitrogen and oxygen atoms in total. The van der Waals surface area contributed by atoms with Crippen molar-refractivity contribution in [2.75, 3.05) is 18.1 Å². The number of nitrogens with zero attached hydrogens (tertiary/aromatic N) is 2. The lowest BCUT2D eigenvalue weighted by atomic mass is 10.2. The van der Waals surface area contributed by atoms with Gasteiger partial charge in [-0.1, -0.05) is 0 Å². The third-order valence-electron chi connectivity index (χ3n) is 3.07. The highest BCUT2D eigenvalue weighted by Gasteiger charge is 2.26. The first-order valence-electron chi connectivity index (χ1n) is 6.05. The fourth-order valence-electron chi connectivity index (χ4n) is 2.10.